The normalized spacial score (nSPS) is 19.1. The number of benzene rings is 1. The highest BCUT2D eigenvalue weighted by molar-refractivity contribution is 7.62. The summed E-state index contributed by atoms with van der Waals surface area (Å²) in [6.07, 6.45) is 2.88. The summed E-state index contributed by atoms with van der Waals surface area (Å²) in [5.74, 6) is 0.351. The van der Waals surface area contributed by atoms with Gasteiger partial charge in [-0.25, -0.2) is 4.39 Å². The maximum absolute atomic E-state index is 12.9. The van der Waals surface area contributed by atoms with Gasteiger partial charge < -0.3 is 4.57 Å². The van der Waals surface area contributed by atoms with Gasteiger partial charge in [-0.3, -0.25) is 4.90 Å². The summed E-state index contributed by atoms with van der Waals surface area (Å²) in [4.78, 5) is 2.29. The lowest BCUT2D eigenvalue weighted by atomic mass is 9.90. The molecule has 0 atom stereocenters. The highest BCUT2D eigenvalue weighted by atomic mass is 31.2. The molecular formula is C14H21FNOP. The van der Waals surface area contributed by atoms with Gasteiger partial charge in [-0.1, -0.05) is 12.1 Å². The van der Waals surface area contributed by atoms with Crippen molar-refractivity contribution in [2.45, 2.75) is 18.8 Å². The predicted molar refractivity (Wildman–Crippen MR) is 74.3 cm³/mol. The first kappa shape index (κ1) is 13.8. The van der Waals surface area contributed by atoms with Gasteiger partial charge >= 0.3 is 0 Å². The molecule has 0 radical (unpaired) electrons. The topological polar surface area (TPSA) is 20.3 Å². The minimum Gasteiger partial charge on any atom is -0.323 e. The van der Waals surface area contributed by atoms with Crippen LogP contribution in [0.1, 0.15) is 24.3 Å². The monoisotopic (exact) mass is 269 g/mol. The van der Waals surface area contributed by atoms with Crippen molar-refractivity contribution in [3.8, 4) is 0 Å². The molecule has 0 spiro atoms. The van der Waals surface area contributed by atoms with E-state index in [0.29, 0.717) is 5.92 Å². The van der Waals surface area contributed by atoms with Crippen LogP contribution in [0, 0.1) is 5.82 Å². The molecule has 0 saturated carbocycles. The summed E-state index contributed by atoms with van der Waals surface area (Å²) < 4.78 is 24.7. The molecule has 100 valence electrons. The fraction of sp³-hybridized carbons (Fsp3) is 0.571. The van der Waals surface area contributed by atoms with Crippen LogP contribution in [0.4, 0.5) is 4.39 Å². The summed E-state index contributed by atoms with van der Waals surface area (Å²) in [5, 5.41) is 0. The summed E-state index contributed by atoms with van der Waals surface area (Å²) in [6.45, 7) is 5.68. The molecule has 1 saturated heterocycles. The standard InChI is InChI=1S/C14H21FNOP/c1-18(2,17)11-16-9-7-13(8-10-16)12-3-5-14(15)6-4-12/h3-6,13H,7-11H2,1-2H3. The largest absolute Gasteiger partial charge is 0.323 e. The van der Waals surface area contributed by atoms with E-state index in [1.165, 1.54) is 17.7 Å². The van der Waals surface area contributed by atoms with E-state index in [0.717, 1.165) is 32.2 Å². The Morgan fingerprint density at radius 2 is 1.78 bits per heavy atom. The van der Waals surface area contributed by atoms with Crippen molar-refractivity contribution >= 4 is 7.14 Å². The molecule has 0 bridgehead atoms. The number of piperidine rings is 1. The van der Waals surface area contributed by atoms with Crippen LogP contribution in [-0.2, 0) is 4.57 Å². The number of hydrogen-bond donors (Lipinski definition) is 0. The Kier molecular flexibility index (Phi) is 4.24. The first-order valence-corrected chi connectivity index (χ1v) is 9.24. The molecule has 0 unspecified atom stereocenters. The Labute approximate surface area is 109 Å². The van der Waals surface area contributed by atoms with Gasteiger partial charge in [0, 0.05) is 0 Å². The Morgan fingerprint density at radius 1 is 1.22 bits per heavy atom. The minimum atomic E-state index is -1.96. The van der Waals surface area contributed by atoms with E-state index in [4.69, 9.17) is 0 Å². The number of nitrogens with zero attached hydrogens (tertiary/aromatic N) is 1. The van der Waals surface area contributed by atoms with Crippen molar-refractivity contribution in [2.75, 3.05) is 32.7 Å². The van der Waals surface area contributed by atoms with Gasteiger partial charge in [-0.2, -0.15) is 0 Å². The van der Waals surface area contributed by atoms with Crippen LogP contribution in [0.25, 0.3) is 0 Å². The quantitative estimate of drug-likeness (QED) is 0.782. The lowest BCUT2D eigenvalue weighted by molar-refractivity contribution is 0.241. The van der Waals surface area contributed by atoms with Crippen LogP contribution < -0.4 is 0 Å². The molecule has 0 aromatic heterocycles. The van der Waals surface area contributed by atoms with Crippen molar-refractivity contribution in [1.29, 1.82) is 0 Å². The average Bonchev–Trinajstić information content (AvgIpc) is 2.29. The summed E-state index contributed by atoms with van der Waals surface area (Å²) >= 11 is 0. The Balaban J connectivity index is 1.90. The minimum absolute atomic E-state index is 0.172. The predicted octanol–water partition coefficient (Wildman–Crippen LogP) is 3.59. The molecule has 4 heteroatoms. The van der Waals surface area contributed by atoms with E-state index in [9.17, 15) is 8.96 Å². The second-order valence-corrected chi connectivity index (χ2v) is 9.09. The van der Waals surface area contributed by atoms with E-state index in [2.05, 4.69) is 4.90 Å². The van der Waals surface area contributed by atoms with Gasteiger partial charge in [-0.05, 0) is 62.9 Å². The Bertz CT molecular complexity index is 432. The van der Waals surface area contributed by atoms with Crippen LogP contribution in [0.3, 0.4) is 0 Å². The van der Waals surface area contributed by atoms with Gasteiger partial charge in [0.1, 0.15) is 5.82 Å². The molecule has 1 aromatic carbocycles. The zero-order valence-electron chi connectivity index (χ0n) is 11.1. The molecule has 1 heterocycles. The van der Waals surface area contributed by atoms with Crippen LogP contribution in [0.15, 0.2) is 24.3 Å². The number of halogens is 1. The summed E-state index contributed by atoms with van der Waals surface area (Å²) in [6, 6.07) is 6.85. The molecule has 1 aliphatic heterocycles. The first-order chi connectivity index (χ1) is 8.44. The Morgan fingerprint density at radius 3 is 2.28 bits per heavy atom. The molecule has 1 fully saturated rings. The van der Waals surface area contributed by atoms with E-state index < -0.39 is 7.14 Å². The maximum Gasteiger partial charge on any atom is 0.123 e. The zero-order valence-corrected chi connectivity index (χ0v) is 12.0. The highest BCUT2D eigenvalue weighted by Gasteiger charge is 2.23. The molecule has 1 aromatic rings. The molecule has 0 amide bonds. The molecular weight excluding hydrogens is 248 g/mol. The fourth-order valence-electron chi connectivity index (χ4n) is 2.62. The third-order valence-corrected chi connectivity index (χ3v) is 4.55. The summed E-state index contributed by atoms with van der Waals surface area (Å²) in [5.41, 5.74) is 1.23. The third kappa shape index (κ3) is 3.93. The van der Waals surface area contributed by atoms with E-state index in [-0.39, 0.29) is 5.82 Å². The smallest absolute Gasteiger partial charge is 0.123 e. The van der Waals surface area contributed by atoms with E-state index >= 15 is 0 Å². The van der Waals surface area contributed by atoms with Gasteiger partial charge in [0.15, 0.2) is 0 Å². The molecule has 0 N–H and O–H groups in total. The summed E-state index contributed by atoms with van der Waals surface area (Å²) in [7, 11) is -1.96. The van der Waals surface area contributed by atoms with Crippen molar-refractivity contribution in [3.05, 3.63) is 35.6 Å². The average molecular weight is 269 g/mol. The molecule has 0 aliphatic carbocycles. The molecule has 1 aliphatic rings. The SMILES string of the molecule is CP(C)(=O)CN1CCC(c2ccc(F)cc2)CC1. The Hall–Kier alpha value is -0.660. The highest BCUT2D eigenvalue weighted by Crippen LogP contribution is 2.38. The van der Waals surface area contributed by atoms with Crippen LogP contribution in [-0.4, -0.2) is 37.6 Å². The van der Waals surface area contributed by atoms with Gasteiger partial charge in [0.25, 0.3) is 0 Å². The van der Waals surface area contributed by atoms with Crippen LogP contribution >= 0.6 is 7.14 Å². The number of hydrogen-bond acceptors (Lipinski definition) is 2. The van der Waals surface area contributed by atoms with Gasteiger partial charge in [0.2, 0.25) is 0 Å². The van der Waals surface area contributed by atoms with Crippen molar-refractivity contribution < 1.29 is 8.96 Å². The second-order valence-electron chi connectivity index (χ2n) is 5.66. The zero-order chi connectivity index (χ0) is 13.2. The molecule has 2 rings (SSSR count). The fourth-order valence-corrected chi connectivity index (χ4v) is 3.87. The lowest BCUT2D eigenvalue weighted by Gasteiger charge is -2.33. The van der Waals surface area contributed by atoms with Crippen molar-refractivity contribution in [2.24, 2.45) is 0 Å². The van der Waals surface area contributed by atoms with Crippen LogP contribution in [0.2, 0.25) is 0 Å². The van der Waals surface area contributed by atoms with Crippen molar-refractivity contribution in [3.63, 3.8) is 0 Å². The van der Waals surface area contributed by atoms with Crippen LogP contribution in [0.5, 0.6) is 0 Å². The number of likely N-dealkylation sites (tertiary alicyclic amines) is 1. The van der Waals surface area contributed by atoms with E-state index in [1.54, 1.807) is 0 Å². The maximum atomic E-state index is 12.9. The lowest BCUT2D eigenvalue weighted by Crippen LogP contribution is -2.33. The molecule has 2 nitrogen and oxygen atoms in total. The third-order valence-electron chi connectivity index (χ3n) is 3.47. The number of rotatable bonds is 3. The second kappa shape index (κ2) is 5.54. The van der Waals surface area contributed by atoms with E-state index in [1.807, 2.05) is 25.5 Å². The first-order valence-electron chi connectivity index (χ1n) is 6.46. The van der Waals surface area contributed by atoms with Crippen molar-refractivity contribution in [1.82, 2.24) is 4.90 Å². The molecule has 18 heavy (non-hydrogen) atoms. The van der Waals surface area contributed by atoms with Gasteiger partial charge in [-0.15, -0.1) is 0 Å². The van der Waals surface area contributed by atoms with Gasteiger partial charge in [0.05, 0.1) is 13.4 Å².